The molecule has 0 saturated carbocycles. The standard InChI is InChI=1S/C16H14ClNO/c1-11-6-8-12(9-7-11)16-18-10-15(19-16)13-4-2-3-5-14(13)17/h2-9,15H,10H2,1H3/t15-/m1/s1. The zero-order valence-corrected chi connectivity index (χ0v) is 11.4. The van der Waals surface area contributed by atoms with Crippen LogP contribution in [0.2, 0.25) is 5.02 Å². The van der Waals surface area contributed by atoms with E-state index in [2.05, 4.69) is 24.0 Å². The zero-order valence-electron chi connectivity index (χ0n) is 10.6. The van der Waals surface area contributed by atoms with Crippen LogP contribution in [0.4, 0.5) is 0 Å². The first-order chi connectivity index (χ1) is 9.24. The SMILES string of the molecule is Cc1ccc(C2=NC[C@H](c3ccccc3Cl)O2)cc1. The molecule has 3 heteroatoms. The lowest BCUT2D eigenvalue weighted by molar-refractivity contribution is 0.230. The van der Waals surface area contributed by atoms with Crippen LogP contribution < -0.4 is 0 Å². The van der Waals surface area contributed by atoms with Gasteiger partial charge in [-0.2, -0.15) is 0 Å². The summed E-state index contributed by atoms with van der Waals surface area (Å²) < 4.78 is 5.92. The van der Waals surface area contributed by atoms with E-state index in [0.29, 0.717) is 12.4 Å². The van der Waals surface area contributed by atoms with E-state index < -0.39 is 0 Å². The van der Waals surface area contributed by atoms with Crippen molar-refractivity contribution in [1.29, 1.82) is 0 Å². The molecule has 1 aliphatic rings. The maximum absolute atomic E-state index is 6.19. The van der Waals surface area contributed by atoms with E-state index >= 15 is 0 Å². The van der Waals surface area contributed by atoms with Crippen molar-refractivity contribution in [2.24, 2.45) is 4.99 Å². The van der Waals surface area contributed by atoms with Gasteiger partial charge in [0.05, 0.1) is 6.54 Å². The van der Waals surface area contributed by atoms with Crippen LogP contribution in [0.15, 0.2) is 53.5 Å². The lowest BCUT2D eigenvalue weighted by Crippen LogP contribution is -2.06. The van der Waals surface area contributed by atoms with E-state index in [4.69, 9.17) is 16.3 Å². The third-order valence-corrected chi connectivity index (χ3v) is 3.55. The molecule has 0 aliphatic carbocycles. The quantitative estimate of drug-likeness (QED) is 0.803. The zero-order chi connectivity index (χ0) is 13.2. The number of halogens is 1. The molecule has 0 fully saturated rings. The normalized spacial score (nSPS) is 18.0. The van der Waals surface area contributed by atoms with E-state index in [-0.39, 0.29) is 6.10 Å². The first-order valence-corrected chi connectivity index (χ1v) is 6.64. The van der Waals surface area contributed by atoms with Crippen molar-refractivity contribution in [3.63, 3.8) is 0 Å². The van der Waals surface area contributed by atoms with Gasteiger partial charge < -0.3 is 4.74 Å². The first-order valence-electron chi connectivity index (χ1n) is 6.26. The average Bonchev–Trinajstić information content (AvgIpc) is 2.89. The van der Waals surface area contributed by atoms with Gasteiger partial charge in [0.25, 0.3) is 0 Å². The molecule has 0 radical (unpaired) electrons. The summed E-state index contributed by atoms with van der Waals surface area (Å²) in [6.45, 7) is 2.68. The summed E-state index contributed by atoms with van der Waals surface area (Å²) in [6.07, 6.45) is -0.0787. The predicted molar refractivity (Wildman–Crippen MR) is 77.9 cm³/mol. The largest absolute Gasteiger partial charge is 0.467 e. The van der Waals surface area contributed by atoms with Crippen molar-refractivity contribution in [1.82, 2.24) is 0 Å². The molecule has 2 nitrogen and oxygen atoms in total. The Hall–Kier alpha value is -1.80. The smallest absolute Gasteiger partial charge is 0.216 e. The highest BCUT2D eigenvalue weighted by Crippen LogP contribution is 2.30. The molecule has 3 rings (SSSR count). The minimum absolute atomic E-state index is 0.0787. The molecule has 19 heavy (non-hydrogen) atoms. The predicted octanol–water partition coefficient (Wildman–Crippen LogP) is 4.17. The molecule has 0 spiro atoms. The summed E-state index contributed by atoms with van der Waals surface area (Å²) >= 11 is 6.19. The second-order valence-electron chi connectivity index (χ2n) is 4.64. The molecule has 0 unspecified atom stereocenters. The number of hydrogen-bond acceptors (Lipinski definition) is 2. The van der Waals surface area contributed by atoms with E-state index in [9.17, 15) is 0 Å². The molecular formula is C16H14ClNO. The van der Waals surface area contributed by atoms with Gasteiger partial charge in [0, 0.05) is 16.1 Å². The Bertz CT molecular complexity index is 619. The van der Waals surface area contributed by atoms with Gasteiger partial charge in [0.1, 0.15) is 6.10 Å². The van der Waals surface area contributed by atoms with Gasteiger partial charge >= 0.3 is 0 Å². The van der Waals surface area contributed by atoms with Crippen LogP contribution in [-0.2, 0) is 4.74 Å². The van der Waals surface area contributed by atoms with Crippen LogP contribution in [0.1, 0.15) is 22.8 Å². The molecule has 0 amide bonds. The molecule has 0 bridgehead atoms. The Labute approximate surface area is 117 Å². The molecule has 96 valence electrons. The summed E-state index contributed by atoms with van der Waals surface area (Å²) in [5, 5.41) is 0.729. The van der Waals surface area contributed by atoms with E-state index in [0.717, 1.165) is 16.1 Å². The van der Waals surface area contributed by atoms with Crippen molar-refractivity contribution >= 4 is 17.5 Å². The molecular weight excluding hydrogens is 258 g/mol. The average molecular weight is 272 g/mol. The summed E-state index contributed by atoms with van der Waals surface area (Å²) in [4.78, 5) is 4.47. The van der Waals surface area contributed by atoms with E-state index in [1.165, 1.54) is 5.56 Å². The Morgan fingerprint density at radius 3 is 2.58 bits per heavy atom. The monoisotopic (exact) mass is 271 g/mol. The van der Waals surface area contributed by atoms with Gasteiger partial charge in [-0.1, -0.05) is 47.5 Å². The number of ether oxygens (including phenoxy) is 1. The Morgan fingerprint density at radius 2 is 1.84 bits per heavy atom. The lowest BCUT2D eigenvalue weighted by Gasteiger charge is -2.13. The first kappa shape index (κ1) is 12.2. The number of nitrogens with zero attached hydrogens (tertiary/aromatic N) is 1. The van der Waals surface area contributed by atoms with Crippen LogP contribution in [0.3, 0.4) is 0 Å². The molecule has 2 aromatic rings. The van der Waals surface area contributed by atoms with Crippen molar-refractivity contribution in [2.45, 2.75) is 13.0 Å². The van der Waals surface area contributed by atoms with Crippen LogP contribution in [0.25, 0.3) is 0 Å². The van der Waals surface area contributed by atoms with Gasteiger partial charge in [-0.25, -0.2) is 4.99 Å². The second-order valence-corrected chi connectivity index (χ2v) is 5.05. The van der Waals surface area contributed by atoms with Crippen molar-refractivity contribution < 1.29 is 4.74 Å². The van der Waals surface area contributed by atoms with Crippen LogP contribution in [-0.4, -0.2) is 12.4 Å². The molecule has 0 saturated heterocycles. The van der Waals surface area contributed by atoms with Gasteiger partial charge in [-0.05, 0) is 25.1 Å². The fourth-order valence-corrected chi connectivity index (χ4v) is 2.39. The number of hydrogen-bond donors (Lipinski definition) is 0. The van der Waals surface area contributed by atoms with Gasteiger partial charge in [-0.3, -0.25) is 0 Å². The highest BCUT2D eigenvalue weighted by atomic mass is 35.5. The summed E-state index contributed by atoms with van der Waals surface area (Å²) in [7, 11) is 0. The fraction of sp³-hybridized carbons (Fsp3) is 0.188. The van der Waals surface area contributed by atoms with Gasteiger partial charge in [0.2, 0.25) is 5.90 Å². The number of rotatable bonds is 2. The number of aryl methyl sites for hydroxylation is 1. The fourth-order valence-electron chi connectivity index (χ4n) is 2.13. The van der Waals surface area contributed by atoms with Crippen molar-refractivity contribution in [3.05, 3.63) is 70.2 Å². The Morgan fingerprint density at radius 1 is 1.11 bits per heavy atom. The molecule has 1 heterocycles. The number of aliphatic imine (C=N–C) groups is 1. The molecule has 0 aromatic heterocycles. The summed E-state index contributed by atoms with van der Waals surface area (Å²) in [6, 6.07) is 15.9. The topological polar surface area (TPSA) is 21.6 Å². The minimum Gasteiger partial charge on any atom is -0.467 e. The highest BCUT2D eigenvalue weighted by molar-refractivity contribution is 6.31. The summed E-state index contributed by atoms with van der Waals surface area (Å²) in [5.41, 5.74) is 3.24. The van der Waals surface area contributed by atoms with Crippen LogP contribution in [0, 0.1) is 6.92 Å². The van der Waals surface area contributed by atoms with Gasteiger partial charge in [-0.15, -0.1) is 0 Å². The minimum atomic E-state index is -0.0787. The third kappa shape index (κ3) is 2.49. The molecule has 0 N–H and O–H groups in total. The Kier molecular flexibility index (Phi) is 3.26. The molecule has 1 aliphatic heterocycles. The van der Waals surface area contributed by atoms with Crippen molar-refractivity contribution in [3.8, 4) is 0 Å². The van der Waals surface area contributed by atoms with Crippen molar-refractivity contribution in [2.75, 3.05) is 6.54 Å². The van der Waals surface area contributed by atoms with Crippen LogP contribution >= 0.6 is 11.6 Å². The highest BCUT2D eigenvalue weighted by Gasteiger charge is 2.24. The maximum Gasteiger partial charge on any atom is 0.216 e. The Balaban J connectivity index is 1.80. The van der Waals surface area contributed by atoms with Gasteiger partial charge in [0.15, 0.2) is 0 Å². The molecule has 1 atom stereocenters. The summed E-state index contributed by atoms with van der Waals surface area (Å²) in [5.74, 6) is 0.699. The third-order valence-electron chi connectivity index (χ3n) is 3.21. The lowest BCUT2D eigenvalue weighted by atomic mass is 10.1. The second kappa shape index (κ2) is 5.06. The number of benzene rings is 2. The van der Waals surface area contributed by atoms with Crippen LogP contribution in [0.5, 0.6) is 0 Å². The molecule has 2 aromatic carbocycles. The van der Waals surface area contributed by atoms with E-state index in [1.54, 1.807) is 0 Å². The van der Waals surface area contributed by atoms with E-state index in [1.807, 2.05) is 36.4 Å². The maximum atomic E-state index is 6.19.